The molecule has 0 radical (unpaired) electrons. The SMILES string of the molecule is Nc1ncncc1F.O=C1NC2(CCCCC2)n2c1c(Cl)cc(Br)c2=O.O=C1NC2(CCCCC2)n2c1c(Cl)cc(Nc1ncncc1F)c2=O. The highest BCUT2D eigenvalue weighted by Gasteiger charge is 2.46. The maximum atomic E-state index is 13.8. The number of nitrogens with zero attached hydrogens (tertiary/aromatic N) is 6. The Morgan fingerprint density at radius 2 is 1.24 bits per heavy atom. The van der Waals surface area contributed by atoms with Crippen LogP contribution in [0, 0.1) is 11.6 Å². The number of nitrogens with two attached hydrogens (primary N) is 1. The average molecular weight is 808 g/mol. The molecule has 2 spiro atoms. The number of carbonyl (C=O) groups is 2. The lowest BCUT2D eigenvalue weighted by molar-refractivity contribution is 0.0867. The van der Waals surface area contributed by atoms with Crippen LogP contribution in [-0.4, -0.2) is 40.9 Å². The smallest absolute Gasteiger partial charge is 0.276 e. The van der Waals surface area contributed by atoms with E-state index < -0.39 is 28.5 Å². The Morgan fingerprint density at radius 3 is 1.73 bits per heavy atom. The number of nitrogens with one attached hydrogen (secondary N) is 3. The van der Waals surface area contributed by atoms with Crippen molar-refractivity contribution >= 4 is 68.3 Å². The quantitative estimate of drug-likeness (QED) is 0.205. The molecule has 5 N–H and O–H groups in total. The van der Waals surface area contributed by atoms with Crippen LogP contribution >= 0.6 is 39.1 Å². The minimum absolute atomic E-state index is 0.0628. The number of carbonyl (C=O) groups excluding carboxylic acids is 2. The van der Waals surface area contributed by atoms with Gasteiger partial charge in [-0.15, -0.1) is 0 Å². The van der Waals surface area contributed by atoms with E-state index in [1.54, 1.807) is 4.57 Å². The summed E-state index contributed by atoms with van der Waals surface area (Å²) < 4.78 is 29.3. The summed E-state index contributed by atoms with van der Waals surface area (Å²) in [6.07, 6.45) is 13.3. The van der Waals surface area contributed by atoms with Gasteiger partial charge in [-0.2, -0.15) is 0 Å². The van der Waals surface area contributed by atoms with Crippen LogP contribution in [0.4, 0.5) is 26.1 Å². The summed E-state index contributed by atoms with van der Waals surface area (Å²) in [5.74, 6) is -2.11. The molecule has 0 bridgehead atoms. The van der Waals surface area contributed by atoms with Crippen LogP contribution in [0.2, 0.25) is 10.0 Å². The first-order valence-corrected chi connectivity index (χ1v) is 17.6. The van der Waals surface area contributed by atoms with Crippen LogP contribution in [-0.2, 0) is 11.3 Å². The number of fused-ring (bicyclic) bond motifs is 4. The van der Waals surface area contributed by atoms with Gasteiger partial charge in [0.25, 0.3) is 22.9 Å². The molecule has 2 saturated carbocycles. The van der Waals surface area contributed by atoms with Crippen molar-refractivity contribution in [2.45, 2.75) is 75.5 Å². The van der Waals surface area contributed by atoms with Crippen molar-refractivity contribution in [1.82, 2.24) is 39.7 Å². The highest BCUT2D eigenvalue weighted by atomic mass is 79.9. The first-order chi connectivity index (χ1) is 24.4. The molecule has 8 rings (SSSR count). The molecule has 268 valence electrons. The Morgan fingerprint density at radius 1 is 0.745 bits per heavy atom. The molecular formula is C32H31BrCl2F2N10O4. The van der Waals surface area contributed by atoms with E-state index >= 15 is 0 Å². The first-order valence-electron chi connectivity index (χ1n) is 16.0. The first kappa shape index (κ1) is 36.3. The second-order valence-electron chi connectivity index (χ2n) is 12.4. The topological polar surface area (TPSA) is 192 Å². The highest BCUT2D eigenvalue weighted by Crippen LogP contribution is 2.40. The molecule has 0 unspecified atom stereocenters. The predicted molar refractivity (Wildman–Crippen MR) is 188 cm³/mol. The van der Waals surface area contributed by atoms with Crippen molar-refractivity contribution in [2.75, 3.05) is 11.1 Å². The molecule has 2 amide bonds. The zero-order valence-corrected chi connectivity index (χ0v) is 29.9. The molecule has 51 heavy (non-hydrogen) atoms. The van der Waals surface area contributed by atoms with Gasteiger partial charge in [0.15, 0.2) is 23.3 Å². The third-order valence-corrected chi connectivity index (χ3v) is 10.4. The lowest BCUT2D eigenvalue weighted by Crippen LogP contribution is -2.48. The van der Waals surface area contributed by atoms with E-state index in [-0.39, 0.29) is 45.4 Å². The largest absolute Gasteiger partial charge is 0.381 e. The minimum atomic E-state index is -0.757. The van der Waals surface area contributed by atoms with Crippen LogP contribution in [0.5, 0.6) is 0 Å². The summed E-state index contributed by atoms with van der Waals surface area (Å²) >= 11 is 15.6. The lowest BCUT2D eigenvalue weighted by atomic mass is 9.89. The van der Waals surface area contributed by atoms with E-state index in [0.29, 0.717) is 28.0 Å². The van der Waals surface area contributed by atoms with Crippen LogP contribution in [0.15, 0.2) is 51.2 Å². The number of nitrogen functional groups attached to an aromatic ring is 1. The summed E-state index contributed by atoms with van der Waals surface area (Å²) in [6, 6.07) is 2.83. The molecule has 0 atom stereocenters. The van der Waals surface area contributed by atoms with Gasteiger partial charge in [-0.1, -0.05) is 36.0 Å². The molecule has 2 fully saturated rings. The number of aromatic nitrogens is 6. The molecule has 0 saturated heterocycles. The van der Waals surface area contributed by atoms with Gasteiger partial charge in [0.1, 0.15) is 41.1 Å². The monoisotopic (exact) mass is 806 g/mol. The number of amides is 2. The fraction of sp³-hybridized carbons (Fsp3) is 0.375. The van der Waals surface area contributed by atoms with Crippen molar-refractivity contribution in [2.24, 2.45) is 0 Å². The van der Waals surface area contributed by atoms with Crippen LogP contribution in [0.1, 0.15) is 85.2 Å². The van der Waals surface area contributed by atoms with E-state index in [1.165, 1.54) is 29.4 Å². The molecule has 6 heterocycles. The fourth-order valence-corrected chi connectivity index (χ4v) is 8.04. The average Bonchev–Trinajstić information content (AvgIpc) is 3.55. The second-order valence-corrected chi connectivity index (χ2v) is 14.1. The Kier molecular flexibility index (Phi) is 10.4. The maximum Gasteiger partial charge on any atom is 0.276 e. The Bertz CT molecular complexity index is 2120. The van der Waals surface area contributed by atoms with Crippen LogP contribution in [0.25, 0.3) is 0 Å². The van der Waals surface area contributed by atoms with Crippen molar-refractivity contribution in [3.63, 3.8) is 0 Å². The molecule has 0 aromatic carbocycles. The van der Waals surface area contributed by atoms with Gasteiger partial charge in [-0.25, -0.2) is 28.7 Å². The normalized spacial score (nSPS) is 17.7. The van der Waals surface area contributed by atoms with Crippen molar-refractivity contribution in [3.05, 3.63) is 95.4 Å². The number of hydrogen-bond donors (Lipinski definition) is 4. The minimum Gasteiger partial charge on any atom is -0.381 e. The zero-order chi connectivity index (χ0) is 36.5. The van der Waals surface area contributed by atoms with Crippen molar-refractivity contribution in [1.29, 1.82) is 0 Å². The number of pyridine rings is 2. The highest BCUT2D eigenvalue weighted by molar-refractivity contribution is 9.10. The van der Waals surface area contributed by atoms with Gasteiger partial charge in [-0.3, -0.25) is 28.3 Å². The third-order valence-electron chi connectivity index (χ3n) is 9.22. The maximum absolute atomic E-state index is 13.8. The number of rotatable bonds is 2. The zero-order valence-electron chi connectivity index (χ0n) is 26.8. The van der Waals surface area contributed by atoms with Crippen molar-refractivity contribution in [3.8, 4) is 0 Å². The van der Waals surface area contributed by atoms with Gasteiger partial charge in [0.2, 0.25) is 0 Å². The molecule has 4 aliphatic rings. The Balaban J connectivity index is 0.000000150. The standard InChI is InChI=1S/C16H15ClFN5O2.C12H12BrClN2O2.C4H4FN3/c17-9-6-11(21-13-10(18)7-19-8-20-13)15(25)23-12(9)14(24)22-16(23)4-2-1-3-5-16;13-7-6-8(14)9-10(17)15-12(16(9)11(7)18)4-2-1-3-5-12;5-3-1-7-2-8-4(3)6/h6-8H,1-5H2,(H,22,24)(H,19,20,21);6H,1-5H2,(H,15,17);1-2H,(H2,6,7,8). The van der Waals surface area contributed by atoms with Gasteiger partial charge in [0.05, 0.1) is 26.9 Å². The van der Waals surface area contributed by atoms with Gasteiger partial charge >= 0.3 is 0 Å². The summed E-state index contributed by atoms with van der Waals surface area (Å²) in [5.41, 5.74) is 3.57. The predicted octanol–water partition coefficient (Wildman–Crippen LogP) is 5.36. The van der Waals surface area contributed by atoms with Gasteiger partial charge < -0.3 is 21.7 Å². The van der Waals surface area contributed by atoms with E-state index in [2.05, 4.69) is 51.8 Å². The van der Waals surface area contributed by atoms with E-state index in [0.717, 1.165) is 63.8 Å². The van der Waals surface area contributed by atoms with E-state index in [1.807, 2.05) is 0 Å². The number of halogens is 5. The summed E-state index contributed by atoms with van der Waals surface area (Å²) in [5, 5.41) is 9.01. The Labute approximate surface area is 307 Å². The summed E-state index contributed by atoms with van der Waals surface area (Å²) in [4.78, 5) is 63.9. The van der Waals surface area contributed by atoms with Crippen LogP contribution in [0.3, 0.4) is 0 Å². The van der Waals surface area contributed by atoms with Gasteiger partial charge in [-0.05, 0) is 79.4 Å². The van der Waals surface area contributed by atoms with Crippen molar-refractivity contribution < 1.29 is 18.4 Å². The number of anilines is 3. The summed E-state index contributed by atoms with van der Waals surface area (Å²) in [7, 11) is 0. The third kappa shape index (κ3) is 6.93. The molecule has 4 aromatic rings. The summed E-state index contributed by atoms with van der Waals surface area (Å²) in [6.45, 7) is 0. The molecule has 14 nitrogen and oxygen atoms in total. The molecular weight excluding hydrogens is 777 g/mol. The van der Waals surface area contributed by atoms with E-state index in [9.17, 15) is 28.0 Å². The molecule has 2 aliphatic carbocycles. The molecule has 2 aliphatic heterocycles. The fourth-order valence-electron chi connectivity index (χ4n) is 6.95. The van der Waals surface area contributed by atoms with E-state index in [4.69, 9.17) is 28.9 Å². The lowest BCUT2D eigenvalue weighted by Gasteiger charge is -2.35. The second kappa shape index (κ2) is 14.6. The molecule has 19 heteroatoms. The molecule has 4 aromatic heterocycles. The number of hydrogen-bond acceptors (Lipinski definition) is 10. The van der Waals surface area contributed by atoms with Crippen LogP contribution < -0.4 is 32.8 Å². The Hall–Kier alpha value is -4.48. The van der Waals surface area contributed by atoms with Gasteiger partial charge in [0, 0.05) is 0 Å².